The minimum atomic E-state index is -1.02. The lowest BCUT2D eigenvalue weighted by Crippen LogP contribution is -2.61. The van der Waals surface area contributed by atoms with Crippen LogP contribution in [0.1, 0.15) is 120 Å². The van der Waals surface area contributed by atoms with E-state index < -0.39 is 28.9 Å². The van der Waals surface area contributed by atoms with Gasteiger partial charge in [0, 0.05) is 11.8 Å². The highest BCUT2D eigenvalue weighted by molar-refractivity contribution is 5.89. The van der Waals surface area contributed by atoms with Crippen molar-refractivity contribution in [3.05, 3.63) is 35.4 Å². The molecule has 34 heavy (non-hydrogen) atoms. The van der Waals surface area contributed by atoms with Crippen LogP contribution in [-0.2, 0) is 9.47 Å². The van der Waals surface area contributed by atoms with Crippen LogP contribution in [0.5, 0.6) is 0 Å². The average molecular weight is 473 g/mol. The Morgan fingerprint density at radius 1 is 1.06 bits per heavy atom. The van der Waals surface area contributed by atoms with E-state index in [2.05, 4.69) is 20.8 Å². The molecule has 3 aliphatic carbocycles. The van der Waals surface area contributed by atoms with Crippen molar-refractivity contribution in [3.8, 4) is 0 Å². The largest absolute Gasteiger partial charge is 0.432 e. The molecule has 1 aromatic carbocycles. The highest BCUT2D eigenvalue weighted by Crippen LogP contribution is 2.58. The van der Waals surface area contributed by atoms with Gasteiger partial charge in [-0.25, -0.2) is 4.79 Å². The number of fused-ring (bicyclic) bond motifs is 2. The Morgan fingerprint density at radius 2 is 1.74 bits per heavy atom. The molecule has 4 rings (SSSR count). The molecule has 190 valence electrons. The fourth-order valence-electron chi connectivity index (χ4n) is 7.30. The zero-order valence-corrected chi connectivity index (χ0v) is 21.5. The lowest BCUT2D eigenvalue weighted by Gasteiger charge is -2.58. The van der Waals surface area contributed by atoms with Gasteiger partial charge in [0.2, 0.25) is 6.29 Å². The Hall–Kier alpha value is -1.43. The number of hydrogen-bond acceptors (Lipinski definition) is 5. The van der Waals surface area contributed by atoms with Crippen molar-refractivity contribution in [1.29, 1.82) is 0 Å². The van der Waals surface area contributed by atoms with Gasteiger partial charge in [0.25, 0.3) is 0 Å². The van der Waals surface area contributed by atoms with E-state index in [4.69, 9.17) is 9.47 Å². The number of carbonyl (C=O) groups excluding carboxylic acids is 1. The summed E-state index contributed by atoms with van der Waals surface area (Å²) in [5, 5.41) is 22.6. The third-order valence-electron chi connectivity index (χ3n) is 8.52. The van der Waals surface area contributed by atoms with Gasteiger partial charge >= 0.3 is 5.97 Å². The number of aliphatic hydroxyl groups is 2. The van der Waals surface area contributed by atoms with Gasteiger partial charge in [-0.1, -0.05) is 52.2 Å². The standard InChI is InChI=1S/C29H44O5/c1-5-21(3)22-11-13-23(14-12-22)25(30)34-26(33-24-9-7-6-8-10-24)28-15-20(2)16-29(32,19-28)18-27(4,31)17-28/h11-14,20-21,24,26,31-32H,5-10,15-19H2,1-4H3. The number of carbonyl (C=O) groups is 1. The lowest BCUT2D eigenvalue weighted by molar-refractivity contribution is -0.273. The molecule has 0 amide bonds. The van der Waals surface area contributed by atoms with E-state index >= 15 is 0 Å². The highest BCUT2D eigenvalue weighted by atomic mass is 16.7. The minimum Gasteiger partial charge on any atom is -0.432 e. The lowest BCUT2D eigenvalue weighted by atomic mass is 9.53. The fraction of sp³-hybridized carbons (Fsp3) is 0.759. The van der Waals surface area contributed by atoms with Crippen LogP contribution in [0, 0.1) is 11.3 Å². The average Bonchev–Trinajstić information content (AvgIpc) is 2.76. The number of benzene rings is 1. The van der Waals surface area contributed by atoms with Crippen molar-refractivity contribution in [1.82, 2.24) is 0 Å². The van der Waals surface area contributed by atoms with Crippen molar-refractivity contribution in [3.63, 3.8) is 0 Å². The Bertz CT molecular complexity index is 839. The van der Waals surface area contributed by atoms with Gasteiger partial charge in [0.15, 0.2) is 0 Å². The molecule has 0 radical (unpaired) electrons. The summed E-state index contributed by atoms with van der Waals surface area (Å²) in [5.74, 6) is 0.316. The van der Waals surface area contributed by atoms with Gasteiger partial charge in [-0.05, 0) is 81.4 Å². The molecule has 2 N–H and O–H groups in total. The molecular formula is C29H44O5. The Balaban J connectivity index is 1.61. The van der Waals surface area contributed by atoms with Crippen LogP contribution < -0.4 is 0 Å². The van der Waals surface area contributed by atoms with E-state index in [0.29, 0.717) is 37.2 Å². The van der Waals surface area contributed by atoms with Crippen molar-refractivity contribution in [2.45, 2.75) is 128 Å². The number of esters is 1. The summed E-state index contributed by atoms with van der Waals surface area (Å²) in [6, 6.07) is 7.70. The highest BCUT2D eigenvalue weighted by Gasteiger charge is 2.60. The van der Waals surface area contributed by atoms with E-state index in [1.807, 2.05) is 24.3 Å². The Morgan fingerprint density at radius 3 is 2.38 bits per heavy atom. The van der Waals surface area contributed by atoms with E-state index in [-0.39, 0.29) is 12.0 Å². The molecule has 0 heterocycles. The summed E-state index contributed by atoms with van der Waals surface area (Å²) in [7, 11) is 0. The van der Waals surface area contributed by atoms with Gasteiger partial charge in [-0.3, -0.25) is 0 Å². The fourth-order valence-corrected chi connectivity index (χ4v) is 7.30. The molecule has 0 saturated heterocycles. The Labute approximate surface area is 205 Å². The van der Waals surface area contributed by atoms with Crippen LogP contribution in [0.4, 0.5) is 0 Å². The molecule has 3 aliphatic rings. The van der Waals surface area contributed by atoms with Crippen LogP contribution in [-0.4, -0.2) is 39.8 Å². The van der Waals surface area contributed by atoms with Crippen molar-refractivity contribution in [2.24, 2.45) is 11.3 Å². The minimum absolute atomic E-state index is 0.0471. The summed E-state index contributed by atoms with van der Waals surface area (Å²) in [5.41, 5.74) is -0.855. The maximum atomic E-state index is 13.3. The molecule has 3 saturated carbocycles. The van der Waals surface area contributed by atoms with Gasteiger partial charge in [0.1, 0.15) is 0 Å². The third-order valence-corrected chi connectivity index (χ3v) is 8.52. The maximum Gasteiger partial charge on any atom is 0.340 e. The molecule has 6 unspecified atom stereocenters. The van der Waals surface area contributed by atoms with Crippen LogP contribution in [0.2, 0.25) is 0 Å². The summed E-state index contributed by atoms with van der Waals surface area (Å²) in [6.45, 7) is 8.28. The predicted molar refractivity (Wildman–Crippen MR) is 133 cm³/mol. The molecule has 5 heteroatoms. The predicted octanol–water partition coefficient (Wildman–Crippen LogP) is 6.11. The molecule has 5 nitrogen and oxygen atoms in total. The van der Waals surface area contributed by atoms with Crippen LogP contribution >= 0.6 is 0 Å². The molecule has 0 spiro atoms. The monoisotopic (exact) mass is 472 g/mol. The quantitative estimate of drug-likeness (QED) is 0.370. The number of hydrogen-bond donors (Lipinski definition) is 2. The zero-order valence-electron chi connectivity index (χ0n) is 21.5. The summed E-state index contributed by atoms with van der Waals surface area (Å²) in [6.07, 6.45) is 8.43. The second-order valence-electron chi connectivity index (χ2n) is 12.2. The van der Waals surface area contributed by atoms with Crippen LogP contribution in [0.3, 0.4) is 0 Å². The SMILES string of the molecule is CCC(C)c1ccc(C(=O)OC(OC2CCCCC2)C23CC(C)CC(O)(CC(C)(O)C2)C3)cc1. The molecule has 1 aromatic rings. The zero-order chi connectivity index (χ0) is 24.6. The molecule has 0 aliphatic heterocycles. The first-order valence-electron chi connectivity index (χ1n) is 13.4. The van der Waals surface area contributed by atoms with Crippen LogP contribution in [0.15, 0.2) is 24.3 Å². The number of ether oxygens (including phenoxy) is 2. The molecule has 6 atom stereocenters. The van der Waals surface area contributed by atoms with Gasteiger partial charge in [-0.2, -0.15) is 0 Å². The third kappa shape index (κ3) is 5.68. The van der Waals surface area contributed by atoms with E-state index in [1.54, 1.807) is 6.92 Å². The first-order chi connectivity index (χ1) is 16.0. The topological polar surface area (TPSA) is 76.0 Å². The second-order valence-corrected chi connectivity index (χ2v) is 12.2. The molecule has 0 aromatic heterocycles. The number of rotatable bonds is 7. The molecular weight excluding hydrogens is 428 g/mol. The normalized spacial score (nSPS) is 36.0. The Kier molecular flexibility index (Phi) is 7.48. The molecule has 2 bridgehead atoms. The van der Waals surface area contributed by atoms with E-state index in [0.717, 1.165) is 38.5 Å². The van der Waals surface area contributed by atoms with Crippen LogP contribution in [0.25, 0.3) is 0 Å². The first-order valence-corrected chi connectivity index (χ1v) is 13.4. The summed E-state index contributed by atoms with van der Waals surface area (Å²) < 4.78 is 12.8. The van der Waals surface area contributed by atoms with Crippen molar-refractivity contribution < 1.29 is 24.5 Å². The smallest absolute Gasteiger partial charge is 0.340 e. The van der Waals surface area contributed by atoms with E-state index in [1.165, 1.54) is 12.0 Å². The first kappa shape index (κ1) is 25.7. The van der Waals surface area contributed by atoms with Crippen molar-refractivity contribution >= 4 is 5.97 Å². The van der Waals surface area contributed by atoms with Gasteiger partial charge < -0.3 is 19.7 Å². The van der Waals surface area contributed by atoms with E-state index in [9.17, 15) is 15.0 Å². The van der Waals surface area contributed by atoms with Crippen molar-refractivity contribution in [2.75, 3.05) is 0 Å². The molecule has 3 fully saturated rings. The maximum absolute atomic E-state index is 13.3. The summed E-state index contributed by atoms with van der Waals surface area (Å²) >= 11 is 0. The van der Waals surface area contributed by atoms with Gasteiger partial charge in [-0.15, -0.1) is 0 Å². The van der Waals surface area contributed by atoms with Gasteiger partial charge in [0.05, 0.1) is 22.9 Å². The summed E-state index contributed by atoms with van der Waals surface area (Å²) in [4.78, 5) is 13.3. The second kappa shape index (κ2) is 9.91.